The number of alkyl halides is 3. The van der Waals surface area contributed by atoms with Crippen LogP contribution in [0.2, 0.25) is 0 Å². The molecule has 6 nitrogen and oxygen atoms in total. The highest BCUT2D eigenvalue weighted by atomic mass is 32.2. The van der Waals surface area contributed by atoms with Gasteiger partial charge >= 0.3 is 6.18 Å². The van der Waals surface area contributed by atoms with E-state index in [1.807, 2.05) is 13.8 Å². The van der Waals surface area contributed by atoms with E-state index in [0.717, 1.165) is 29.9 Å². The molecule has 1 aromatic rings. The van der Waals surface area contributed by atoms with Crippen LogP contribution in [0.15, 0.2) is 21.4 Å². The van der Waals surface area contributed by atoms with Crippen molar-refractivity contribution in [3.63, 3.8) is 0 Å². The summed E-state index contributed by atoms with van der Waals surface area (Å²) in [6, 6.07) is 0.129. The number of nitrogens with one attached hydrogen (secondary N) is 2. The summed E-state index contributed by atoms with van der Waals surface area (Å²) in [6.07, 6.45) is -2.70. The third-order valence-corrected chi connectivity index (χ3v) is 7.29. The Morgan fingerprint density at radius 3 is 2.58 bits per heavy atom. The Bertz CT molecular complexity index is 990. The molecule has 1 aromatic carbocycles. The molecule has 0 amide bonds. The highest BCUT2D eigenvalue weighted by Gasteiger charge is 2.48. The summed E-state index contributed by atoms with van der Waals surface area (Å²) in [5, 5.41) is 6.10. The van der Waals surface area contributed by atoms with Gasteiger partial charge in [0.05, 0.1) is 11.4 Å². The lowest BCUT2D eigenvalue weighted by molar-refractivity contribution is -0.155. The van der Waals surface area contributed by atoms with Crippen molar-refractivity contribution in [1.82, 2.24) is 5.32 Å². The van der Waals surface area contributed by atoms with Gasteiger partial charge in [-0.25, -0.2) is 4.39 Å². The van der Waals surface area contributed by atoms with Crippen molar-refractivity contribution < 1.29 is 26.0 Å². The van der Waals surface area contributed by atoms with Crippen LogP contribution in [-0.2, 0) is 10.0 Å². The summed E-state index contributed by atoms with van der Waals surface area (Å²) in [6.45, 7) is 4.37. The fraction of sp³-hybridized carbons (Fsp3) is 0.650. The number of sulfonamides is 1. The number of amidine groups is 1. The van der Waals surface area contributed by atoms with Gasteiger partial charge in [-0.3, -0.25) is 0 Å². The summed E-state index contributed by atoms with van der Waals surface area (Å²) in [5.41, 5.74) is -0.0875. The van der Waals surface area contributed by atoms with Crippen LogP contribution >= 0.6 is 0 Å². The largest absolute Gasteiger partial charge is 0.408 e. The van der Waals surface area contributed by atoms with Gasteiger partial charge in [-0.2, -0.15) is 21.6 Å². The quantitative estimate of drug-likeness (QED) is 0.650. The Morgan fingerprint density at radius 1 is 1.26 bits per heavy atom. The van der Waals surface area contributed by atoms with Crippen LogP contribution in [0, 0.1) is 17.7 Å². The van der Waals surface area contributed by atoms with Crippen molar-refractivity contribution in [1.29, 1.82) is 0 Å². The third kappa shape index (κ3) is 4.67. The predicted molar refractivity (Wildman–Crippen MR) is 110 cm³/mol. The first kappa shape index (κ1) is 22.3. The highest BCUT2D eigenvalue weighted by molar-refractivity contribution is 7.90. The minimum atomic E-state index is -4.54. The number of hydrogen-bond donors (Lipinski definition) is 2. The molecule has 1 saturated heterocycles. The molecule has 0 bridgehead atoms. The Labute approximate surface area is 179 Å². The third-order valence-electron chi connectivity index (χ3n) is 5.97. The number of fused-ring (bicyclic) bond motifs is 1. The second-order valence-corrected chi connectivity index (χ2v) is 10.4. The van der Waals surface area contributed by atoms with Crippen LogP contribution in [0.5, 0.6) is 0 Å². The molecule has 11 heteroatoms. The Morgan fingerprint density at radius 2 is 1.97 bits per heavy atom. The molecule has 2 N–H and O–H groups in total. The zero-order chi connectivity index (χ0) is 22.6. The minimum absolute atomic E-state index is 0.00805. The predicted octanol–water partition coefficient (Wildman–Crippen LogP) is 3.89. The fourth-order valence-corrected chi connectivity index (χ4v) is 5.44. The van der Waals surface area contributed by atoms with Gasteiger partial charge in [0, 0.05) is 18.5 Å². The maximum Gasteiger partial charge on any atom is 0.408 e. The van der Waals surface area contributed by atoms with Gasteiger partial charge in [0.2, 0.25) is 0 Å². The lowest BCUT2D eigenvalue weighted by Crippen LogP contribution is -2.52. The molecule has 0 aromatic heterocycles. The summed E-state index contributed by atoms with van der Waals surface area (Å²) >= 11 is 0. The van der Waals surface area contributed by atoms with E-state index >= 15 is 0 Å². The molecule has 2 fully saturated rings. The van der Waals surface area contributed by atoms with E-state index in [1.165, 1.54) is 0 Å². The van der Waals surface area contributed by atoms with Crippen LogP contribution in [0.3, 0.4) is 0 Å². The first-order chi connectivity index (χ1) is 14.5. The van der Waals surface area contributed by atoms with Gasteiger partial charge in [0.15, 0.2) is 0 Å². The zero-order valence-corrected chi connectivity index (χ0v) is 18.2. The molecule has 31 heavy (non-hydrogen) atoms. The van der Waals surface area contributed by atoms with Crippen molar-refractivity contribution in [2.45, 2.75) is 62.7 Å². The molecule has 0 spiro atoms. The van der Waals surface area contributed by atoms with E-state index in [2.05, 4.69) is 15.0 Å². The van der Waals surface area contributed by atoms with Crippen LogP contribution in [0.25, 0.3) is 0 Å². The standard InChI is InChI=1S/C20H26F4N4O2S/c1-11(2)25-10-12-5-6-28(17(7-12)20(22,23)24)15-8-14(21)9-16-18(15)26-19(13-3-4-13)27-31(16,29)30/h8-9,11-13,17,25H,3-7,10H2,1-2H3,(H,26,27)/t12-,17+/m1/s1. The molecule has 1 aliphatic carbocycles. The molecular weight excluding hydrogens is 436 g/mol. The van der Waals surface area contributed by atoms with Crippen molar-refractivity contribution in [3.8, 4) is 0 Å². The summed E-state index contributed by atoms with van der Waals surface area (Å²) in [7, 11) is -4.19. The van der Waals surface area contributed by atoms with Gasteiger partial charge in [-0.15, -0.1) is 4.40 Å². The monoisotopic (exact) mass is 462 g/mol. The average Bonchev–Trinajstić information content (AvgIpc) is 3.50. The first-order valence-electron chi connectivity index (χ1n) is 10.5. The van der Waals surface area contributed by atoms with Crippen LogP contribution in [0.1, 0.15) is 39.5 Å². The van der Waals surface area contributed by atoms with Crippen molar-refractivity contribution in [3.05, 3.63) is 17.9 Å². The number of piperidine rings is 1. The van der Waals surface area contributed by atoms with Gasteiger partial charge in [0.25, 0.3) is 10.0 Å². The molecule has 172 valence electrons. The van der Waals surface area contributed by atoms with E-state index in [4.69, 9.17) is 0 Å². The topological polar surface area (TPSA) is 73.8 Å². The number of nitrogens with zero attached hydrogens (tertiary/aromatic N) is 2. The number of benzene rings is 1. The van der Waals surface area contributed by atoms with Crippen molar-refractivity contribution >= 4 is 27.2 Å². The number of hydrogen-bond acceptors (Lipinski definition) is 5. The fourth-order valence-electron chi connectivity index (χ4n) is 4.21. The van der Waals surface area contributed by atoms with E-state index in [1.54, 1.807) is 0 Å². The summed E-state index contributed by atoms with van der Waals surface area (Å²) in [4.78, 5) is 0.683. The smallest absolute Gasteiger partial charge is 0.358 e. The maximum atomic E-state index is 14.4. The lowest BCUT2D eigenvalue weighted by Gasteiger charge is -2.43. The highest BCUT2D eigenvalue weighted by Crippen LogP contribution is 2.45. The molecule has 0 radical (unpaired) electrons. The average molecular weight is 463 g/mol. The zero-order valence-electron chi connectivity index (χ0n) is 17.3. The molecule has 0 unspecified atom stereocenters. The van der Waals surface area contributed by atoms with Gasteiger partial charge in [-0.1, -0.05) is 13.8 Å². The Hall–Kier alpha value is -1.88. The molecular formula is C20H26F4N4O2S. The van der Waals surface area contributed by atoms with E-state index in [9.17, 15) is 26.0 Å². The van der Waals surface area contributed by atoms with Gasteiger partial charge in [0.1, 0.15) is 22.6 Å². The second-order valence-electron chi connectivity index (χ2n) is 8.85. The van der Waals surface area contributed by atoms with Gasteiger partial charge in [-0.05, 0) is 50.3 Å². The van der Waals surface area contributed by atoms with Crippen molar-refractivity contribution in [2.75, 3.05) is 23.3 Å². The first-order valence-corrected chi connectivity index (χ1v) is 11.9. The molecule has 2 aliphatic heterocycles. The summed E-state index contributed by atoms with van der Waals surface area (Å²) < 4.78 is 85.5. The number of anilines is 2. The molecule has 3 aliphatic rings. The number of rotatable bonds is 5. The minimum Gasteiger partial charge on any atom is -0.358 e. The van der Waals surface area contributed by atoms with E-state index in [0.29, 0.717) is 13.0 Å². The van der Waals surface area contributed by atoms with Crippen LogP contribution < -0.4 is 15.5 Å². The molecule has 1 saturated carbocycles. The maximum absolute atomic E-state index is 14.4. The van der Waals surface area contributed by atoms with E-state index in [-0.39, 0.29) is 48.1 Å². The molecule has 4 rings (SSSR count). The normalized spacial score (nSPS) is 25.8. The van der Waals surface area contributed by atoms with Crippen LogP contribution in [0.4, 0.5) is 28.9 Å². The Balaban J connectivity index is 1.71. The molecule has 2 atom stereocenters. The van der Waals surface area contributed by atoms with Crippen molar-refractivity contribution in [2.24, 2.45) is 16.2 Å². The summed E-state index contributed by atoms with van der Waals surface area (Å²) in [5.74, 6) is -0.935. The van der Waals surface area contributed by atoms with Gasteiger partial charge < -0.3 is 15.5 Å². The lowest BCUT2D eigenvalue weighted by atomic mass is 9.89. The number of halogens is 4. The Kier molecular flexibility index (Phi) is 5.70. The molecule has 2 heterocycles. The van der Waals surface area contributed by atoms with E-state index < -0.39 is 33.0 Å². The SMILES string of the molecule is CC(C)NC[C@@H]1CCN(c2cc(F)cc3c2NC(C2CC2)=NS3(=O)=O)[C@H](C(F)(F)F)C1. The van der Waals surface area contributed by atoms with Crippen LogP contribution in [-0.4, -0.2) is 45.6 Å². The second kappa shape index (κ2) is 7.91.